The van der Waals surface area contributed by atoms with Crippen molar-refractivity contribution in [3.63, 3.8) is 0 Å². The molecular formula is C16H13Cl2N3O2S. The third kappa shape index (κ3) is 4.36. The maximum absolute atomic E-state index is 12.0. The Morgan fingerprint density at radius 2 is 1.75 bits per heavy atom. The summed E-state index contributed by atoms with van der Waals surface area (Å²) in [5, 5.41) is 2.29. The van der Waals surface area contributed by atoms with Gasteiger partial charge in [-0.25, -0.2) is 18.1 Å². The molecule has 2 aromatic heterocycles. The second-order valence-electron chi connectivity index (χ2n) is 5.07. The van der Waals surface area contributed by atoms with Crippen LogP contribution in [-0.2, 0) is 16.6 Å². The highest BCUT2D eigenvalue weighted by Crippen LogP contribution is 2.13. The summed E-state index contributed by atoms with van der Waals surface area (Å²) in [6.07, 6.45) is 4.94. The van der Waals surface area contributed by atoms with Gasteiger partial charge in [-0.15, -0.1) is 0 Å². The van der Waals surface area contributed by atoms with Gasteiger partial charge < -0.3 is 4.40 Å². The van der Waals surface area contributed by atoms with Gasteiger partial charge in [-0.05, 0) is 35.9 Å². The molecule has 0 spiro atoms. The first kappa shape index (κ1) is 17.0. The van der Waals surface area contributed by atoms with Crippen LogP contribution in [-0.4, -0.2) is 17.8 Å². The number of nitrogens with one attached hydrogen (secondary N) is 1. The molecule has 2 heterocycles. The van der Waals surface area contributed by atoms with Crippen molar-refractivity contribution in [1.82, 2.24) is 14.1 Å². The molecule has 0 saturated carbocycles. The minimum Gasteiger partial charge on any atom is -0.305 e. The van der Waals surface area contributed by atoms with Crippen LogP contribution in [0.1, 0.15) is 11.3 Å². The normalized spacial score (nSPS) is 12.2. The fourth-order valence-corrected chi connectivity index (χ4v) is 3.14. The lowest BCUT2D eigenvalue weighted by Gasteiger charge is -2.00. The highest BCUT2D eigenvalue weighted by Gasteiger charge is 2.08. The Kier molecular flexibility index (Phi) is 4.91. The zero-order chi connectivity index (χ0) is 17.2. The lowest BCUT2D eigenvalue weighted by molar-refractivity contribution is 0.590. The summed E-state index contributed by atoms with van der Waals surface area (Å²) in [5.41, 5.74) is 2.04. The molecule has 3 aromatic rings. The van der Waals surface area contributed by atoms with Gasteiger partial charge in [-0.3, -0.25) is 0 Å². The van der Waals surface area contributed by atoms with Crippen molar-refractivity contribution in [1.29, 1.82) is 0 Å². The van der Waals surface area contributed by atoms with E-state index in [9.17, 15) is 8.42 Å². The maximum Gasteiger partial charge on any atom is 0.234 e. The van der Waals surface area contributed by atoms with Gasteiger partial charge in [0.2, 0.25) is 10.0 Å². The van der Waals surface area contributed by atoms with Gasteiger partial charge in [-0.1, -0.05) is 35.3 Å². The van der Waals surface area contributed by atoms with Gasteiger partial charge in [0.05, 0.1) is 17.3 Å². The third-order valence-electron chi connectivity index (χ3n) is 3.23. The van der Waals surface area contributed by atoms with E-state index in [1.165, 1.54) is 6.08 Å². The Balaban J connectivity index is 1.68. The van der Waals surface area contributed by atoms with Gasteiger partial charge >= 0.3 is 0 Å². The van der Waals surface area contributed by atoms with E-state index >= 15 is 0 Å². The number of pyridine rings is 1. The van der Waals surface area contributed by atoms with E-state index < -0.39 is 10.0 Å². The minimum atomic E-state index is -3.57. The van der Waals surface area contributed by atoms with Gasteiger partial charge in [0.1, 0.15) is 5.65 Å². The van der Waals surface area contributed by atoms with E-state index in [4.69, 9.17) is 23.2 Å². The van der Waals surface area contributed by atoms with Gasteiger partial charge in [0.15, 0.2) is 0 Å². The van der Waals surface area contributed by atoms with Crippen LogP contribution in [0.4, 0.5) is 0 Å². The number of rotatable bonds is 5. The number of aromatic nitrogens is 2. The first-order valence-corrected chi connectivity index (χ1v) is 9.28. The lowest BCUT2D eigenvalue weighted by Crippen LogP contribution is -2.20. The predicted octanol–water partition coefficient (Wildman–Crippen LogP) is 3.73. The molecule has 0 radical (unpaired) electrons. The van der Waals surface area contributed by atoms with Gasteiger partial charge in [0.25, 0.3) is 0 Å². The van der Waals surface area contributed by atoms with Crippen LogP contribution >= 0.6 is 23.2 Å². The molecule has 3 rings (SSSR count). The summed E-state index contributed by atoms with van der Waals surface area (Å²) < 4.78 is 28.3. The lowest BCUT2D eigenvalue weighted by atomic mass is 10.2. The summed E-state index contributed by atoms with van der Waals surface area (Å²) >= 11 is 11.7. The summed E-state index contributed by atoms with van der Waals surface area (Å²) in [5.74, 6) is 0. The van der Waals surface area contributed by atoms with Crippen LogP contribution in [0.3, 0.4) is 0 Å². The first-order chi connectivity index (χ1) is 11.4. The quantitative estimate of drug-likeness (QED) is 0.731. The number of imidazole rings is 1. The van der Waals surface area contributed by atoms with E-state index in [1.807, 2.05) is 0 Å². The number of hydrogen-bond donors (Lipinski definition) is 1. The number of nitrogens with zero attached hydrogens (tertiary/aromatic N) is 2. The van der Waals surface area contributed by atoms with Gasteiger partial charge in [-0.2, -0.15) is 0 Å². The second kappa shape index (κ2) is 6.94. The maximum atomic E-state index is 12.0. The Morgan fingerprint density at radius 3 is 2.50 bits per heavy atom. The zero-order valence-electron chi connectivity index (χ0n) is 12.4. The molecule has 24 heavy (non-hydrogen) atoms. The number of halogens is 2. The molecule has 0 bridgehead atoms. The molecule has 0 aliphatic rings. The smallest absolute Gasteiger partial charge is 0.234 e. The fourth-order valence-electron chi connectivity index (χ4n) is 2.07. The Bertz CT molecular complexity index is 996. The molecule has 0 fully saturated rings. The second-order valence-corrected chi connectivity index (χ2v) is 7.59. The Hall–Kier alpha value is -1.86. The van der Waals surface area contributed by atoms with E-state index in [0.717, 1.165) is 11.0 Å². The molecule has 124 valence electrons. The fraction of sp³-hybridized carbons (Fsp3) is 0.0625. The summed E-state index contributed by atoms with van der Waals surface area (Å²) in [6.45, 7) is 0.0899. The van der Waals surface area contributed by atoms with Crippen LogP contribution in [0.15, 0.2) is 54.2 Å². The van der Waals surface area contributed by atoms with E-state index in [1.54, 1.807) is 53.2 Å². The first-order valence-electron chi connectivity index (χ1n) is 6.98. The van der Waals surface area contributed by atoms with Gasteiger partial charge in [0, 0.05) is 22.8 Å². The summed E-state index contributed by atoms with van der Waals surface area (Å²) in [4.78, 5) is 4.32. The monoisotopic (exact) mass is 381 g/mol. The van der Waals surface area contributed by atoms with E-state index in [-0.39, 0.29) is 6.54 Å². The molecule has 1 aromatic carbocycles. The van der Waals surface area contributed by atoms with Crippen LogP contribution in [0.2, 0.25) is 10.0 Å². The Morgan fingerprint density at radius 1 is 1.04 bits per heavy atom. The largest absolute Gasteiger partial charge is 0.305 e. The highest BCUT2D eigenvalue weighted by molar-refractivity contribution is 7.92. The Labute approximate surface area is 149 Å². The van der Waals surface area contributed by atoms with Crippen molar-refractivity contribution in [2.45, 2.75) is 6.54 Å². The van der Waals surface area contributed by atoms with Crippen LogP contribution in [0, 0.1) is 0 Å². The van der Waals surface area contributed by atoms with Crippen molar-refractivity contribution < 1.29 is 8.42 Å². The molecule has 1 N–H and O–H groups in total. The predicted molar refractivity (Wildman–Crippen MR) is 96.4 cm³/mol. The average Bonchev–Trinajstić information content (AvgIpc) is 2.95. The van der Waals surface area contributed by atoms with E-state index in [0.29, 0.717) is 21.4 Å². The topological polar surface area (TPSA) is 63.5 Å². The van der Waals surface area contributed by atoms with Crippen LogP contribution < -0.4 is 4.72 Å². The zero-order valence-corrected chi connectivity index (χ0v) is 14.7. The van der Waals surface area contributed by atoms with Crippen LogP contribution in [0.25, 0.3) is 11.7 Å². The molecule has 0 aliphatic carbocycles. The molecule has 0 atom stereocenters. The van der Waals surface area contributed by atoms with E-state index in [2.05, 4.69) is 9.71 Å². The van der Waals surface area contributed by atoms with Crippen molar-refractivity contribution >= 4 is 44.9 Å². The SMILES string of the molecule is O=S(=O)(/C=C/c1ccc(Cl)cc1)NCc1cn2cc(Cl)ccc2n1. The molecule has 8 heteroatoms. The average molecular weight is 382 g/mol. The van der Waals surface area contributed by atoms with Crippen molar-refractivity contribution in [3.8, 4) is 0 Å². The number of benzene rings is 1. The minimum absolute atomic E-state index is 0.0899. The molecule has 5 nitrogen and oxygen atoms in total. The van der Waals surface area contributed by atoms with Crippen molar-refractivity contribution in [3.05, 3.63) is 75.5 Å². The highest BCUT2D eigenvalue weighted by atomic mass is 35.5. The molecule has 0 amide bonds. The molecule has 0 unspecified atom stereocenters. The summed E-state index contributed by atoms with van der Waals surface area (Å²) in [6, 6.07) is 10.4. The number of hydrogen-bond acceptors (Lipinski definition) is 3. The number of fused-ring (bicyclic) bond motifs is 1. The molecule has 0 saturated heterocycles. The molecular weight excluding hydrogens is 369 g/mol. The standard InChI is InChI=1S/C16H13Cl2N3O2S/c17-13-3-1-12(2-4-13)7-8-24(22,23)19-9-15-11-21-10-14(18)5-6-16(21)20-15/h1-8,10-11,19H,9H2/b8-7+. The number of sulfonamides is 1. The molecule has 0 aliphatic heterocycles. The van der Waals surface area contributed by atoms with Crippen molar-refractivity contribution in [2.24, 2.45) is 0 Å². The summed E-state index contributed by atoms with van der Waals surface area (Å²) in [7, 11) is -3.57. The third-order valence-corrected chi connectivity index (χ3v) is 4.75. The van der Waals surface area contributed by atoms with Crippen molar-refractivity contribution in [2.75, 3.05) is 0 Å². The van der Waals surface area contributed by atoms with Crippen LogP contribution in [0.5, 0.6) is 0 Å².